The summed E-state index contributed by atoms with van der Waals surface area (Å²) in [4.78, 5) is 54.4. The van der Waals surface area contributed by atoms with E-state index in [1.807, 2.05) is 13.8 Å². The lowest BCUT2D eigenvalue weighted by atomic mass is 9.78. The molecule has 3 saturated heterocycles. The number of nitrogens with one attached hydrogen (secondary N) is 3. The number of nitrogens with two attached hydrogens (primary N) is 1. The number of likely N-dealkylation sites (tertiary alicyclic amines) is 1. The third-order valence-corrected chi connectivity index (χ3v) is 9.58. The maximum absolute atomic E-state index is 13.1. The first-order chi connectivity index (χ1) is 17.2. The summed E-state index contributed by atoms with van der Waals surface area (Å²) < 4.78 is 0. The highest BCUT2D eigenvalue weighted by molar-refractivity contribution is 8.03. The van der Waals surface area contributed by atoms with Crippen LogP contribution in [0.1, 0.15) is 39.5 Å². The molecule has 0 radical (unpaired) electrons. The van der Waals surface area contributed by atoms with Gasteiger partial charge in [-0.05, 0) is 32.6 Å². The van der Waals surface area contributed by atoms with Gasteiger partial charge in [0.2, 0.25) is 17.7 Å². The molecule has 0 aromatic heterocycles. The zero-order valence-corrected chi connectivity index (χ0v) is 21.6. The van der Waals surface area contributed by atoms with E-state index in [0.29, 0.717) is 37.0 Å². The van der Waals surface area contributed by atoms with Gasteiger partial charge < -0.3 is 36.6 Å². The largest absolute Gasteiger partial charge is 0.477 e. The molecule has 0 bridgehead atoms. The van der Waals surface area contributed by atoms with E-state index < -0.39 is 17.9 Å². The molecule has 4 heterocycles. The predicted octanol–water partition coefficient (Wildman–Crippen LogP) is -0.961. The fourth-order valence-electron chi connectivity index (χ4n) is 5.98. The van der Waals surface area contributed by atoms with Crippen molar-refractivity contribution in [2.24, 2.45) is 17.6 Å². The van der Waals surface area contributed by atoms with E-state index in [0.717, 1.165) is 19.3 Å². The van der Waals surface area contributed by atoms with E-state index in [-0.39, 0.29) is 59.3 Å². The molecule has 198 valence electrons. The lowest BCUT2D eigenvalue weighted by Crippen LogP contribution is -2.66. The molecule has 5 aliphatic rings. The van der Waals surface area contributed by atoms with E-state index in [2.05, 4.69) is 16.0 Å². The number of hydrogen-bond acceptors (Lipinski definition) is 8. The number of amides is 3. The molecule has 4 aliphatic heterocycles. The van der Waals surface area contributed by atoms with Crippen molar-refractivity contribution in [1.29, 1.82) is 0 Å². The van der Waals surface area contributed by atoms with Crippen LogP contribution in [0.2, 0.25) is 0 Å². The molecule has 0 aromatic carbocycles. The van der Waals surface area contributed by atoms with Crippen LogP contribution in [0, 0.1) is 11.8 Å². The number of carbonyl (C=O) groups is 4. The Morgan fingerprint density at radius 1 is 1.28 bits per heavy atom. The van der Waals surface area contributed by atoms with Gasteiger partial charge in [0.25, 0.3) is 0 Å². The van der Waals surface area contributed by atoms with Gasteiger partial charge in [0.05, 0.1) is 24.5 Å². The van der Waals surface area contributed by atoms with E-state index in [4.69, 9.17) is 5.73 Å². The van der Waals surface area contributed by atoms with Gasteiger partial charge >= 0.3 is 5.97 Å². The topological polar surface area (TPSA) is 157 Å². The Balaban J connectivity index is 1.22. The van der Waals surface area contributed by atoms with Crippen LogP contribution in [0.3, 0.4) is 0 Å². The Kier molecular flexibility index (Phi) is 7.05. The standard InChI is InChI=1S/C24H36N6O5S/c1-11-19-18(12(2)28-17(31)9-26-14-3-4-14)23(33)30(19)20(24(34)35)21(11)36-15-7-16(27-8-15)22(32)29-6-5-13(25)10-29/h11-16,18-19,26-27H,3-10,25H2,1-2H3,(H,28,31)(H,34,35)/t11-,12?,13-,15+,16+,18-,19-/m1/s1. The first kappa shape index (κ1) is 25.5. The minimum absolute atomic E-state index is 0.0276. The molecule has 0 aromatic rings. The maximum Gasteiger partial charge on any atom is 0.353 e. The van der Waals surface area contributed by atoms with Crippen molar-refractivity contribution in [2.45, 2.75) is 75.0 Å². The van der Waals surface area contributed by atoms with Crippen LogP contribution in [-0.4, -0.2) is 100 Å². The molecule has 36 heavy (non-hydrogen) atoms. The second kappa shape index (κ2) is 9.96. The zero-order chi connectivity index (χ0) is 25.7. The quantitative estimate of drug-likeness (QED) is 0.242. The highest BCUT2D eigenvalue weighted by Gasteiger charge is 2.60. The number of carbonyl (C=O) groups excluding carboxylic acids is 3. The molecule has 6 N–H and O–H groups in total. The fourth-order valence-corrected chi connectivity index (χ4v) is 7.46. The molecule has 4 fully saturated rings. The van der Waals surface area contributed by atoms with Gasteiger partial charge in [-0.3, -0.25) is 14.4 Å². The average molecular weight is 521 g/mol. The molecular formula is C24H36N6O5S. The lowest BCUT2D eigenvalue weighted by Gasteiger charge is -2.47. The van der Waals surface area contributed by atoms with Crippen LogP contribution in [-0.2, 0) is 19.2 Å². The van der Waals surface area contributed by atoms with Gasteiger partial charge in [-0.15, -0.1) is 11.8 Å². The Bertz CT molecular complexity index is 986. The summed E-state index contributed by atoms with van der Waals surface area (Å²) in [5, 5.41) is 19.4. The zero-order valence-electron chi connectivity index (χ0n) is 20.7. The third-order valence-electron chi connectivity index (χ3n) is 8.07. The van der Waals surface area contributed by atoms with Crippen LogP contribution in [0.4, 0.5) is 0 Å². The molecule has 11 nitrogen and oxygen atoms in total. The van der Waals surface area contributed by atoms with Crippen molar-refractivity contribution in [3.63, 3.8) is 0 Å². The molecule has 5 rings (SSSR count). The van der Waals surface area contributed by atoms with E-state index >= 15 is 0 Å². The highest BCUT2D eigenvalue weighted by Crippen LogP contribution is 2.51. The smallest absolute Gasteiger partial charge is 0.353 e. The van der Waals surface area contributed by atoms with Crippen molar-refractivity contribution in [2.75, 3.05) is 26.2 Å². The van der Waals surface area contributed by atoms with Crippen molar-refractivity contribution in [3.8, 4) is 0 Å². The average Bonchev–Trinajstić information content (AvgIpc) is 3.26. The number of aliphatic carboxylic acids is 1. The van der Waals surface area contributed by atoms with Crippen molar-refractivity contribution < 1.29 is 24.3 Å². The summed E-state index contributed by atoms with van der Waals surface area (Å²) in [5.41, 5.74) is 6.00. The first-order valence-electron chi connectivity index (χ1n) is 12.9. The second-order valence-corrected chi connectivity index (χ2v) is 12.2. The Morgan fingerprint density at radius 3 is 2.67 bits per heavy atom. The normalized spacial score (nSPS) is 34.6. The van der Waals surface area contributed by atoms with Crippen LogP contribution < -0.4 is 21.7 Å². The summed E-state index contributed by atoms with van der Waals surface area (Å²) in [6.07, 6.45) is 3.58. The summed E-state index contributed by atoms with van der Waals surface area (Å²) >= 11 is 1.47. The fraction of sp³-hybridized carbons (Fsp3) is 0.750. The molecule has 12 heteroatoms. The SMILES string of the molecule is CC(NC(=O)CNC1CC1)[C@H]1C(=O)N2C(C(=O)O)=C(S[C@@H]3CN[C@H](C(=O)N4CC[C@@H](N)C4)C3)[C@H](C)[C@H]12. The molecule has 7 atom stereocenters. The molecule has 1 saturated carbocycles. The highest BCUT2D eigenvalue weighted by atomic mass is 32.2. The van der Waals surface area contributed by atoms with Crippen LogP contribution >= 0.6 is 11.8 Å². The van der Waals surface area contributed by atoms with E-state index in [1.54, 1.807) is 4.90 Å². The van der Waals surface area contributed by atoms with Gasteiger partial charge in [0, 0.05) is 53.8 Å². The summed E-state index contributed by atoms with van der Waals surface area (Å²) in [6.45, 7) is 5.83. The number of nitrogens with zero attached hydrogens (tertiary/aromatic N) is 2. The maximum atomic E-state index is 13.1. The summed E-state index contributed by atoms with van der Waals surface area (Å²) in [6, 6.07) is -0.549. The van der Waals surface area contributed by atoms with Gasteiger partial charge in [0.1, 0.15) is 5.70 Å². The monoisotopic (exact) mass is 520 g/mol. The number of carboxylic acid groups (broad SMARTS) is 1. The van der Waals surface area contributed by atoms with E-state index in [9.17, 15) is 24.3 Å². The minimum Gasteiger partial charge on any atom is -0.477 e. The number of fused-ring (bicyclic) bond motifs is 1. The van der Waals surface area contributed by atoms with Gasteiger partial charge in [-0.2, -0.15) is 0 Å². The summed E-state index contributed by atoms with van der Waals surface area (Å²) in [5.74, 6) is -2.11. The summed E-state index contributed by atoms with van der Waals surface area (Å²) in [7, 11) is 0. The number of hydrogen-bond donors (Lipinski definition) is 5. The molecule has 1 unspecified atom stereocenters. The van der Waals surface area contributed by atoms with Crippen molar-refractivity contribution >= 4 is 35.5 Å². The Morgan fingerprint density at radius 2 is 2.03 bits per heavy atom. The number of carboxylic acids is 1. The molecule has 3 amide bonds. The predicted molar refractivity (Wildman–Crippen MR) is 134 cm³/mol. The van der Waals surface area contributed by atoms with Crippen LogP contribution in [0.15, 0.2) is 10.6 Å². The number of rotatable bonds is 9. The molecular weight excluding hydrogens is 484 g/mol. The van der Waals surface area contributed by atoms with E-state index in [1.165, 1.54) is 16.7 Å². The van der Waals surface area contributed by atoms with Crippen molar-refractivity contribution in [3.05, 3.63) is 10.6 Å². The first-order valence-corrected chi connectivity index (χ1v) is 13.8. The molecule has 1 aliphatic carbocycles. The van der Waals surface area contributed by atoms with Gasteiger partial charge in [-0.1, -0.05) is 6.92 Å². The Hall–Kier alpha value is -2.15. The van der Waals surface area contributed by atoms with Crippen LogP contribution in [0.5, 0.6) is 0 Å². The molecule has 0 spiro atoms. The second-order valence-electron chi connectivity index (χ2n) is 10.8. The van der Waals surface area contributed by atoms with Gasteiger partial charge in [0.15, 0.2) is 0 Å². The van der Waals surface area contributed by atoms with Crippen molar-refractivity contribution in [1.82, 2.24) is 25.8 Å². The lowest BCUT2D eigenvalue weighted by molar-refractivity contribution is -0.158. The number of β-lactam (4-membered cyclic amide) rings is 1. The minimum atomic E-state index is -1.12. The Labute approximate surface area is 214 Å². The van der Waals surface area contributed by atoms with Crippen LogP contribution in [0.25, 0.3) is 0 Å². The third kappa shape index (κ3) is 4.75. The number of thioether (sulfide) groups is 1. The van der Waals surface area contributed by atoms with Gasteiger partial charge in [-0.25, -0.2) is 4.79 Å².